The molecule has 0 bridgehead atoms. The summed E-state index contributed by atoms with van der Waals surface area (Å²) in [7, 11) is 1.51. The number of cyclic esters (lactones) is 2. The van der Waals surface area contributed by atoms with Gasteiger partial charge in [-0.25, -0.2) is 4.79 Å². The van der Waals surface area contributed by atoms with Gasteiger partial charge in [0, 0.05) is 25.3 Å². The fourth-order valence-corrected chi connectivity index (χ4v) is 6.01. The van der Waals surface area contributed by atoms with Crippen molar-refractivity contribution in [1.82, 2.24) is 10.6 Å². The zero-order valence-electron chi connectivity index (χ0n) is 28.0. The van der Waals surface area contributed by atoms with Gasteiger partial charge >= 0.3 is 11.9 Å². The minimum absolute atomic E-state index is 0.0368. The molecule has 256 valence electrons. The molecule has 2 fully saturated rings. The topological polar surface area (TPSA) is 133 Å². The number of ether oxygens (including phenoxy) is 4. The van der Waals surface area contributed by atoms with Gasteiger partial charge in [-0.1, -0.05) is 68.8 Å². The van der Waals surface area contributed by atoms with Crippen LogP contribution in [0, 0.1) is 17.3 Å². The maximum Gasteiger partial charge on any atom is 0.347 e. The Kier molecular flexibility index (Phi) is 12.3. The molecule has 11 heteroatoms. The van der Waals surface area contributed by atoms with E-state index in [9.17, 15) is 19.2 Å². The molecular formula is C36H47ClN2O8. The third-order valence-corrected chi connectivity index (χ3v) is 8.98. The van der Waals surface area contributed by atoms with Gasteiger partial charge in [0.2, 0.25) is 11.8 Å². The molecule has 2 amide bonds. The average molecular weight is 671 g/mol. The normalized spacial score (nSPS) is 26.4. The van der Waals surface area contributed by atoms with Crippen LogP contribution in [0.4, 0.5) is 0 Å². The quantitative estimate of drug-likeness (QED) is 0.284. The Labute approximate surface area is 282 Å². The van der Waals surface area contributed by atoms with E-state index in [-0.39, 0.29) is 55.8 Å². The molecule has 2 N–H and O–H groups in total. The molecule has 0 unspecified atom stereocenters. The van der Waals surface area contributed by atoms with Crippen molar-refractivity contribution in [2.75, 3.05) is 13.7 Å². The summed E-state index contributed by atoms with van der Waals surface area (Å²) >= 11 is 6.33. The Morgan fingerprint density at radius 1 is 1.02 bits per heavy atom. The minimum atomic E-state index is -1.18. The lowest BCUT2D eigenvalue weighted by Gasteiger charge is -2.30. The summed E-state index contributed by atoms with van der Waals surface area (Å²) in [6.45, 7) is 9.02. The molecule has 2 aromatic carbocycles. The number of esters is 2. The van der Waals surface area contributed by atoms with E-state index in [0.717, 1.165) is 11.1 Å². The van der Waals surface area contributed by atoms with E-state index >= 15 is 0 Å². The first-order valence-corrected chi connectivity index (χ1v) is 16.7. The Bertz CT molecular complexity index is 1410. The van der Waals surface area contributed by atoms with Gasteiger partial charge in [0.25, 0.3) is 0 Å². The van der Waals surface area contributed by atoms with Gasteiger partial charge in [-0.3, -0.25) is 14.4 Å². The zero-order chi connectivity index (χ0) is 34.3. The van der Waals surface area contributed by atoms with E-state index in [1.807, 2.05) is 51.1 Å². The largest absolute Gasteiger partial charge is 0.495 e. The van der Waals surface area contributed by atoms with Crippen LogP contribution < -0.4 is 15.4 Å². The Morgan fingerprint density at radius 3 is 2.40 bits per heavy atom. The smallest absolute Gasteiger partial charge is 0.347 e. The Morgan fingerprint density at radius 2 is 1.74 bits per heavy atom. The molecular weight excluding hydrogens is 624 g/mol. The number of halogens is 1. The standard InChI is InChI=1S/C36H47ClN2O8/c1-21(2)17-29-34(42)45-27(22(3)31-32(47-31)24-11-8-7-9-12-24)13-10-14-30(40)39-26(19-23-15-16-28(44-6)25(37)18-23)33(41)38-20-36(4,5)35(43)46-29/h7-9,11-12,15-16,18,21-22,26-27,29,31-32H,10,13-14,17,19-20H2,1-6H3,(H,38,41)(H,39,40)/t22-,26+,27-,29-,31+,32+/m0/s1. The second kappa shape index (κ2) is 16.0. The second-order valence-corrected chi connectivity index (χ2v) is 14.0. The molecule has 2 aliphatic heterocycles. The van der Waals surface area contributed by atoms with Crippen LogP contribution in [-0.2, 0) is 39.8 Å². The number of amides is 2. The Hall–Kier alpha value is -3.63. The van der Waals surface area contributed by atoms with Crippen molar-refractivity contribution < 1.29 is 38.1 Å². The fourth-order valence-electron chi connectivity index (χ4n) is 5.73. The lowest BCUT2D eigenvalue weighted by Crippen LogP contribution is -2.51. The number of carbonyl (C=O) groups excluding carboxylic acids is 4. The SMILES string of the molecule is COc1ccc(C[C@H]2NC(=O)CCC[C@@H]([C@H](C)[C@H]3O[C@@H]3c3ccccc3)OC(=O)[C@H](CC(C)C)OC(=O)C(C)(C)CNC2=O)cc1Cl. The van der Waals surface area contributed by atoms with Crippen molar-refractivity contribution in [3.05, 3.63) is 64.7 Å². The summed E-state index contributed by atoms with van der Waals surface area (Å²) in [5, 5.41) is 6.03. The van der Waals surface area contributed by atoms with E-state index in [0.29, 0.717) is 23.6 Å². The number of carbonyl (C=O) groups is 4. The molecule has 0 aliphatic carbocycles. The maximum atomic E-state index is 13.6. The summed E-state index contributed by atoms with van der Waals surface area (Å²) in [6.07, 6.45) is -0.701. The van der Waals surface area contributed by atoms with Crippen molar-refractivity contribution >= 4 is 35.4 Å². The lowest BCUT2D eigenvalue weighted by molar-refractivity contribution is -0.179. The van der Waals surface area contributed by atoms with E-state index in [1.165, 1.54) is 7.11 Å². The molecule has 6 atom stereocenters. The highest BCUT2D eigenvalue weighted by Gasteiger charge is 2.48. The molecule has 0 aromatic heterocycles. The van der Waals surface area contributed by atoms with Gasteiger partial charge in [0.1, 0.15) is 24.0 Å². The first-order chi connectivity index (χ1) is 22.3. The van der Waals surface area contributed by atoms with E-state index in [2.05, 4.69) is 10.6 Å². The molecule has 4 rings (SSSR count). The van der Waals surface area contributed by atoms with Crippen molar-refractivity contribution in [2.24, 2.45) is 17.3 Å². The molecule has 2 aromatic rings. The number of hydrogen-bond donors (Lipinski definition) is 2. The van der Waals surface area contributed by atoms with Crippen molar-refractivity contribution in [3.63, 3.8) is 0 Å². The van der Waals surface area contributed by atoms with Gasteiger partial charge in [0.05, 0.1) is 23.7 Å². The van der Waals surface area contributed by atoms with Crippen molar-refractivity contribution in [1.29, 1.82) is 0 Å². The van der Waals surface area contributed by atoms with Crippen LogP contribution in [0.1, 0.15) is 77.5 Å². The van der Waals surface area contributed by atoms with Gasteiger partial charge < -0.3 is 29.6 Å². The summed E-state index contributed by atoms with van der Waals surface area (Å²) in [4.78, 5) is 53.7. The van der Waals surface area contributed by atoms with Crippen LogP contribution in [0.3, 0.4) is 0 Å². The number of hydrogen-bond acceptors (Lipinski definition) is 8. The van der Waals surface area contributed by atoms with Crippen LogP contribution >= 0.6 is 11.6 Å². The maximum absolute atomic E-state index is 13.6. The number of rotatable bonds is 8. The van der Waals surface area contributed by atoms with Gasteiger partial charge in [-0.2, -0.15) is 0 Å². The molecule has 47 heavy (non-hydrogen) atoms. The Balaban J connectivity index is 1.57. The summed E-state index contributed by atoms with van der Waals surface area (Å²) < 4.78 is 23.2. The summed E-state index contributed by atoms with van der Waals surface area (Å²) in [6, 6.07) is 14.1. The molecule has 0 saturated carbocycles. The van der Waals surface area contributed by atoms with E-state index in [4.69, 9.17) is 30.5 Å². The summed E-state index contributed by atoms with van der Waals surface area (Å²) in [5.74, 6) is -1.72. The van der Waals surface area contributed by atoms with Crippen LogP contribution in [0.5, 0.6) is 5.75 Å². The number of epoxide rings is 1. The molecule has 2 heterocycles. The van der Waals surface area contributed by atoms with Crippen LogP contribution in [0.25, 0.3) is 0 Å². The summed E-state index contributed by atoms with van der Waals surface area (Å²) in [5.41, 5.74) is 0.580. The predicted octanol–water partition coefficient (Wildman–Crippen LogP) is 5.35. The monoisotopic (exact) mass is 670 g/mol. The fraction of sp³-hybridized carbons (Fsp3) is 0.556. The first kappa shape index (κ1) is 36.2. The number of nitrogens with one attached hydrogen (secondary N) is 2. The van der Waals surface area contributed by atoms with Gasteiger partial charge in [-0.15, -0.1) is 0 Å². The molecule has 2 aliphatic rings. The second-order valence-electron chi connectivity index (χ2n) is 13.6. The van der Waals surface area contributed by atoms with Crippen molar-refractivity contribution in [2.45, 2.75) is 97.2 Å². The average Bonchev–Trinajstić information content (AvgIpc) is 3.83. The van der Waals surface area contributed by atoms with Crippen LogP contribution in [0.2, 0.25) is 5.02 Å². The van der Waals surface area contributed by atoms with E-state index in [1.54, 1.807) is 32.0 Å². The molecule has 0 radical (unpaired) electrons. The number of benzene rings is 2. The first-order valence-electron chi connectivity index (χ1n) is 16.3. The van der Waals surface area contributed by atoms with Crippen LogP contribution in [0.15, 0.2) is 48.5 Å². The highest BCUT2D eigenvalue weighted by atomic mass is 35.5. The highest BCUT2D eigenvalue weighted by Crippen LogP contribution is 2.45. The number of methoxy groups -OCH3 is 1. The van der Waals surface area contributed by atoms with E-state index < -0.39 is 41.5 Å². The minimum Gasteiger partial charge on any atom is -0.495 e. The predicted molar refractivity (Wildman–Crippen MR) is 177 cm³/mol. The molecule has 10 nitrogen and oxygen atoms in total. The van der Waals surface area contributed by atoms with Gasteiger partial charge in [0.15, 0.2) is 6.10 Å². The molecule has 0 spiro atoms. The molecule has 2 saturated heterocycles. The van der Waals surface area contributed by atoms with Crippen molar-refractivity contribution in [3.8, 4) is 5.75 Å². The third-order valence-electron chi connectivity index (χ3n) is 8.68. The van der Waals surface area contributed by atoms with Crippen LogP contribution in [-0.4, -0.2) is 61.8 Å². The zero-order valence-corrected chi connectivity index (χ0v) is 28.8. The lowest BCUT2D eigenvalue weighted by atomic mass is 9.92. The van der Waals surface area contributed by atoms with Gasteiger partial charge in [-0.05, 0) is 62.3 Å². The third kappa shape index (κ3) is 9.93. The highest BCUT2D eigenvalue weighted by molar-refractivity contribution is 6.32.